The Morgan fingerprint density at radius 2 is 1.18 bits per heavy atom. The van der Waals surface area contributed by atoms with Crippen molar-refractivity contribution in [1.29, 1.82) is 0 Å². The van der Waals surface area contributed by atoms with Crippen LogP contribution in [0.25, 0.3) is 22.3 Å². The van der Waals surface area contributed by atoms with E-state index in [0.29, 0.717) is 40.5 Å². The lowest BCUT2D eigenvalue weighted by atomic mass is 9.43. The Hall–Kier alpha value is -4.10. The van der Waals surface area contributed by atoms with Gasteiger partial charge in [0.2, 0.25) is 0 Å². The maximum absolute atomic E-state index is 10.2. The van der Waals surface area contributed by atoms with Gasteiger partial charge in [-0.25, -0.2) is 0 Å². The van der Waals surface area contributed by atoms with Gasteiger partial charge in [0.25, 0.3) is 0 Å². The van der Waals surface area contributed by atoms with Gasteiger partial charge in [-0.3, -0.25) is 0 Å². The second-order valence-corrected chi connectivity index (χ2v) is 16.7. The topological polar surface area (TPSA) is 3.24 Å². The summed E-state index contributed by atoms with van der Waals surface area (Å²) < 4.78 is 111. The van der Waals surface area contributed by atoms with Gasteiger partial charge in [-0.15, -0.1) is 0 Å². The van der Waals surface area contributed by atoms with E-state index in [-0.39, 0.29) is 34.9 Å². The number of nitrogens with zero attached hydrogens (tertiary/aromatic N) is 1. The lowest BCUT2D eigenvalue weighted by Gasteiger charge is -2.61. The highest BCUT2D eigenvalue weighted by Gasteiger charge is 2.61. The van der Waals surface area contributed by atoms with Gasteiger partial charge in [0.05, 0.1) is 22.1 Å². The maximum Gasteiger partial charge on any atom is 0.0648 e. The fraction of sp³-hybridized carbons (Fsp3) is 0.375. The van der Waals surface area contributed by atoms with Gasteiger partial charge in [0.15, 0.2) is 0 Å². The van der Waals surface area contributed by atoms with Gasteiger partial charge in [0.1, 0.15) is 0 Å². The van der Waals surface area contributed by atoms with Crippen molar-refractivity contribution in [3.05, 3.63) is 137 Å². The molecule has 5 aromatic rings. The molecule has 4 bridgehead atoms. The van der Waals surface area contributed by atoms with Crippen LogP contribution < -0.4 is 4.90 Å². The molecular formula is C48H49N. The molecular weight excluding hydrogens is 591 g/mol. The number of hydrogen-bond acceptors (Lipinski definition) is 1. The molecule has 1 heteroatoms. The molecule has 6 aliphatic carbocycles. The van der Waals surface area contributed by atoms with Crippen LogP contribution in [0.15, 0.2) is 115 Å². The molecule has 0 amide bonds. The van der Waals surface area contributed by atoms with E-state index in [1.807, 2.05) is 45.9 Å². The van der Waals surface area contributed by atoms with Gasteiger partial charge in [-0.2, -0.15) is 0 Å². The first kappa shape index (κ1) is 19.9. The molecule has 0 atom stereocenters. The number of rotatable bonds is 4. The minimum Gasteiger partial charge on any atom is -0.310 e. The van der Waals surface area contributed by atoms with Crippen LogP contribution in [0.3, 0.4) is 0 Å². The van der Waals surface area contributed by atoms with Crippen LogP contribution in [0.2, 0.25) is 0 Å². The van der Waals surface area contributed by atoms with Crippen molar-refractivity contribution in [3.63, 3.8) is 0 Å². The normalized spacial score (nSPS) is 31.3. The van der Waals surface area contributed by atoms with E-state index in [0.717, 1.165) is 55.2 Å². The smallest absolute Gasteiger partial charge is 0.0648 e. The molecule has 5 aromatic carbocycles. The van der Waals surface area contributed by atoms with E-state index in [1.54, 1.807) is 0 Å². The summed E-state index contributed by atoms with van der Waals surface area (Å²) in [6.45, 7) is 8.18. The molecule has 6 aliphatic rings. The second-order valence-electron chi connectivity index (χ2n) is 16.7. The highest BCUT2D eigenvalue weighted by molar-refractivity contribution is 5.95. The molecule has 246 valence electrons. The van der Waals surface area contributed by atoms with E-state index in [1.165, 1.54) is 16.9 Å². The molecule has 0 aromatic heterocycles. The number of hydrogen-bond donors (Lipinski definition) is 0. The van der Waals surface area contributed by atoms with Crippen molar-refractivity contribution in [2.45, 2.75) is 88.9 Å². The third kappa shape index (κ3) is 4.24. The first-order chi connectivity index (χ1) is 28.7. The zero-order valence-corrected chi connectivity index (χ0v) is 28.7. The van der Waals surface area contributed by atoms with E-state index in [4.69, 9.17) is 6.85 Å². The first-order valence-electron chi connectivity index (χ1n) is 24.1. The zero-order valence-electron chi connectivity index (χ0n) is 40.7. The third-order valence-electron chi connectivity index (χ3n) is 13.1. The fourth-order valence-electron chi connectivity index (χ4n) is 11.0. The first-order valence-corrected chi connectivity index (χ1v) is 18.1. The average molecular weight is 652 g/mol. The van der Waals surface area contributed by atoms with Gasteiger partial charge >= 0.3 is 0 Å². The Labute approximate surface area is 310 Å². The highest BCUT2D eigenvalue weighted by Crippen LogP contribution is 2.70. The number of fused-ring (bicyclic) bond motifs is 4. The minimum absolute atomic E-state index is 0.00597. The van der Waals surface area contributed by atoms with Crippen LogP contribution >= 0.6 is 0 Å². The molecule has 1 spiro atoms. The van der Waals surface area contributed by atoms with Crippen molar-refractivity contribution in [3.8, 4) is 22.3 Å². The van der Waals surface area contributed by atoms with Crippen LogP contribution in [0.5, 0.6) is 0 Å². The Morgan fingerprint density at radius 3 is 1.90 bits per heavy atom. The Balaban J connectivity index is 1.33. The Morgan fingerprint density at radius 1 is 0.571 bits per heavy atom. The van der Waals surface area contributed by atoms with Crippen molar-refractivity contribution in [1.82, 2.24) is 0 Å². The quantitative estimate of drug-likeness (QED) is 0.187. The van der Waals surface area contributed by atoms with Gasteiger partial charge < -0.3 is 4.90 Å². The van der Waals surface area contributed by atoms with Crippen LogP contribution in [-0.4, -0.2) is 0 Å². The molecule has 0 N–H and O–H groups in total. The summed E-state index contributed by atoms with van der Waals surface area (Å²) in [5.41, 5.74) is 3.51. The van der Waals surface area contributed by atoms with Crippen LogP contribution in [-0.2, 0) is 16.2 Å². The molecule has 0 heterocycles. The average Bonchev–Trinajstić information content (AvgIpc) is 3.52. The summed E-state index contributed by atoms with van der Waals surface area (Å²) in [5.74, 6) is 2.22. The molecule has 0 unspecified atom stereocenters. The van der Waals surface area contributed by atoms with Crippen LogP contribution in [0.1, 0.15) is 111 Å². The molecule has 49 heavy (non-hydrogen) atoms. The van der Waals surface area contributed by atoms with E-state index in [9.17, 15) is 9.60 Å². The predicted molar refractivity (Wildman–Crippen MR) is 205 cm³/mol. The fourth-order valence-corrected chi connectivity index (χ4v) is 11.0. The summed E-state index contributed by atoms with van der Waals surface area (Å²) in [5, 5.41) is 0. The lowest BCUT2D eigenvalue weighted by Crippen LogP contribution is -2.55. The number of anilines is 3. The monoisotopic (exact) mass is 651 g/mol. The summed E-state index contributed by atoms with van der Waals surface area (Å²) in [4.78, 5) is 1.54. The maximum atomic E-state index is 10.2. The highest BCUT2D eigenvalue weighted by atomic mass is 15.1. The van der Waals surface area contributed by atoms with Crippen LogP contribution in [0, 0.1) is 23.7 Å². The molecule has 0 radical (unpaired) electrons. The lowest BCUT2D eigenvalue weighted by molar-refractivity contribution is -0.0399. The van der Waals surface area contributed by atoms with Crippen molar-refractivity contribution in [2.24, 2.45) is 23.7 Å². The number of benzene rings is 5. The molecule has 11 rings (SSSR count). The van der Waals surface area contributed by atoms with Crippen molar-refractivity contribution >= 4 is 17.1 Å². The van der Waals surface area contributed by atoms with Crippen molar-refractivity contribution < 1.29 is 16.4 Å². The summed E-state index contributed by atoms with van der Waals surface area (Å²) >= 11 is 0. The molecule has 0 aliphatic heterocycles. The van der Waals surface area contributed by atoms with Crippen molar-refractivity contribution in [2.75, 3.05) is 4.90 Å². The summed E-state index contributed by atoms with van der Waals surface area (Å²) in [6.07, 6.45) is 7.31. The van der Waals surface area contributed by atoms with Crippen LogP contribution in [0.4, 0.5) is 17.1 Å². The van der Waals surface area contributed by atoms with E-state index in [2.05, 4.69) is 24.3 Å². The third-order valence-corrected chi connectivity index (χ3v) is 13.1. The zero-order chi connectivity index (χ0) is 43.6. The van der Waals surface area contributed by atoms with Gasteiger partial charge in [-0.1, -0.05) is 112 Å². The molecule has 4 fully saturated rings. The van der Waals surface area contributed by atoms with Gasteiger partial charge in [0, 0.05) is 22.4 Å². The standard InChI is InChI=1S/C48H49N/c1-46(2)23-24-47(3,4)43-30-38(21-22-41(43)46)49(37-19-17-34(18-20-37)33-11-6-5-7-12-33)44-16-10-15-42-45(44)39-13-8-9-14-40(39)48(42)35-26-31-25-32(28-35)29-36(48)27-31/h5-22,30-32,35-36H,23-29H2,1-4H3/i5D,6D,7D,11D,12D,17D,18D,19D,20D,21D,22D,30D. The summed E-state index contributed by atoms with van der Waals surface area (Å²) in [6, 6.07) is 8.63. The molecule has 0 saturated heterocycles. The predicted octanol–water partition coefficient (Wildman–Crippen LogP) is 12.9. The Bertz CT molecular complexity index is 2680. The molecule has 1 nitrogen and oxygen atoms in total. The Kier molecular flexibility index (Phi) is 4.25. The SMILES string of the molecule is [2H]c1c([2H])c([2H])c(-c2c([2H])c([2H])c(N(c3cccc4c3-c3ccccc3C43C4CC5CC(C4)CC3C5)c3c([2H])c([2H])c4c(c3[2H])C(C)(C)CCC4(C)C)c([2H])c2[2H])c([2H])c1[2H]. The largest absolute Gasteiger partial charge is 0.310 e. The summed E-state index contributed by atoms with van der Waals surface area (Å²) in [7, 11) is 0. The van der Waals surface area contributed by atoms with E-state index < -0.39 is 76.3 Å². The second kappa shape index (κ2) is 10.5. The minimum atomic E-state index is -0.656. The van der Waals surface area contributed by atoms with Gasteiger partial charge in [-0.05, 0) is 149 Å². The molecule has 4 saturated carbocycles. The van der Waals surface area contributed by atoms with E-state index >= 15 is 0 Å².